The Morgan fingerprint density at radius 3 is 2.55 bits per heavy atom. The molecular formula is C25H26N4O3S. The Hall–Kier alpha value is -3.65. The SMILES string of the molecule is Cc1ccc(NS(=O)(=O)c2ccc(C)c(C(=O)NCCCn3cnc4ccccc43)c2)cc1. The molecule has 0 radical (unpaired) electrons. The molecule has 0 atom stereocenters. The number of rotatable bonds is 8. The molecule has 0 aliphatic carbocycles. The second kappa shape index (κ2) is 9.46. The predicted octanol–water partition coefficient (Wildman–Crippen LogP) is 4.27. The molecule has 0 unspecified atom stereocenters. The first-order valence-electron chi connectivity index (χ1n) is 10.7. The van der Waals surface area contributed by atoms with E-state index in [1.165, 1.54) is 12.1 Å². The van der Waals surface area contributed by atoms with Gasteiger partial charge in [-0.15, -0.1) is 0 Å². The monoisotopic (exact) mass is 462 g/mol. The zero-order chi connectivity index (χ0) is 23.4. The Kier molecular flexibility index (Phi) is 6.46. The number of para-hydroxylation sites is 2. The number of carbonyl (C=O) groups excluding carboxylic acids is 1. The van der Waals surface area contributed by atoms with E-state index >= 15 is 0 Å². The van der Waals surface area contributed by atoms with Crippen molar-refractivity contribution in [1.29, 1.82) is 0 Å². The average Bonchev–Trinajstić information content (AvgIpc) is 3.21. The first kappa shape index (κ1) is 22.5. The van der Waals surface area contributed by atoms with Crippen LogP contribution >= 0.6 is 0 Å². The average molecular weight is 463 g/mol. The van der Waals surface area contributed by atoms with Crippen LogP contribution in [0.1, 0.15) is 27.9 Å². The molecule has 1 heterocycles. The molecule has 0 saturated heterocycles. The molecule has 1 aromatic heterocycles. The van der Waals surface area contributed by atoms with Crippen LogP contribution in [0.15, 0.2) is 78.0 Å². The molecule has 0 aliphatic rings. The van der Waals surface area contributed by atoms with Gasteiger partial charge in [-0.3, -0.25) is 9.52 Å². The summed E-state index contributed by atoms with van der Waals surface area (Å²) in [4.78, 5) is 17.2. The number of benzene rings is 3. The van der Waals surface area contributed by atoms with E-state index < -0.39 is 10.0 Å². The number of hydrogen-bond acceptors (Lipinski definition) is 4. The highest BCUT2D eigenvalue weighted by atomic mass is 32.2. The maximum Gasteiger partial charge on any atom is 0.261 e. The molecule has 4 aromatic rings. The van der Waals surface area contributed by atoms with Crippen LogP contribution in [0, 0.1) is 13.8 Å². The van der Waals surface area contributed by atoms with Crippen LogP contribution in [0.25, 0.3) is 11.0 Å². The van der Waals surface area contributed by atoms with Gasteiger partial charge < -0.3 is 9.88 Å². The van der Waals surface area contributed by atoms with Crippen LogP contribution in [0.3, 0.4) is 0 Å². The van der Waals surface area contributed by atoms with Crippen LogP contribution in [0.2, 0.25) is 0 Å². The normalized spacial score (nSPS) is 11.5. The molecule has 170 valence electrons. The summed E-state index contributed by atoms with van der Waals surface area (Å²) in [6.45, 7) is 4.90. The van der Waals surface area contributed by atoms with Gasteiger partial charge in [0.1, 0.15) is 0 Å². The maximum atomic E-state index is 12.8. The van der Waals surface area contributed by atoms with Crippen LogP contribution in [-0.4, -0.2) is 30.4 Å². The third-order valence-electron chi connectivity index (χ3n) is 5.46. The maximum absolute atomic E-state index is 12.8. The summed E-state index contributed by atoms with van der Waals surface area (Å²) in [5.74, 6) is -0.296. The molecule has 7 nitrogen and oxygen atoms in total. The van der Waals surface area contributed by atoms with Gasteiger partial charge in [0.05, 0.1) is 22.3 Å². The Labute approximate surface area is 193 Å². The lowest BCUT2D eigenvalue weighted by atomic mass is 10.1. The zero-order valence-electron chi connectivity index (χ0n) is 18.6. The highest BCUT2D eigenvalue weighted by Gasteiger charge is 2.18. The standard InChI is InChI=1S/C25H26N4O3S/c1-18-8-11-20(12-9-18)28-33(31,32)21-13-10-19(2)22(16-21)25(30)26-14-5-15-29-17-27-23-6-3-4-7-24(23)29/h3-4,6-13,16-17,28H,5,14-15H2,1-2H3,(H,26,30). The number of nitrogens with zero attached hydrogens (tertiary/aromatic N) is 2. The highest BCUT2D eigenvalue weighted by Crippen LogP contribution is 2.20. The second-order valence-electron chi connectivity index (χ2n) is 7.98. The van der Waals surface area contributed by atoms with Crippen molar-refractivity contribution < 1.29 is 13.2 Å². The van der Waals surface area contributed by atoms with Gasteiger partial charge >= 0.3 is 0 Å². The van der Waals surface area contributed by atoms with E-state index in [1.54, 1.807) is 31.5 Å². The largest absolute Gasteiger partial charge is 0.352 e. The van der Waals surface area contributed by atoms with Crippen LogP contribution in [0.4, 0.5) is 5.69 Å². The van der Waals surface area contributed by atoms with E-state index in [2.05, 4.69) is 19.6 Å². The lowest BCUT2D eigenvalue weighted by Gasteiger charge is -2.12. The number of carbonyl (C=O) groups is 1. The number of aryl methyl sites for hydroxylation is 3. The lowest BCUT2D eigenvalue weighted by molar-refractivity contribution is 0.0952. The molecule has 0 bridgehead atoms. The van der Waals surface area contributed by atoms with Gasteiger partial charge in [-0.05, 0) is 62.2 Å². The molecule has 2 N–H and O–H groups in total. The molecule has 0 saturated carbocycles. The number of amides is 1. The van der Waals surface area contributed by atoms with E-state index in [4.69, 9.17) is 0 Å². The van der Waals surface area contributed by atoms with Crippen molar-refractivity contribution in [2.24, 2.45) is 0 Å². The number of nitrogens with one attached hydrogen (secondary N) is 2. The summed E-state index contributed by atoms with van der Waals surface area (Å²) >= 11 is 0. The van der Waals surface area contributed by atoms with Gasteiger partial charge in [0, 0.05) is 24.3 Å². The van der Waals surface area contributed by atoms with E-state index in [0.29, 0.717) is 29.9 Å². The van der Waals surface area contributed by atoms with Crippen molar-refractivity contribution in [3.63, 3.8) is 0 Å². The number of anilines is 1. The van der Waals surface area contributed by atoms with Crippen molar-refractivity contribution >= 4 is 32.7 Å². The Morgan fingerprint density at radius 1 is 1.00 bits per heavy atom. The minimum absolute atomic E-state index is 0.0451. The summed E-state index contributed by atoms with van der Waals surface area (Å²) in [6, 6.07) is 19.6. The summed E-state index contributed by atoms with van der Waals surface area (Å²) in [6.07, 6.45) is 2.52. The van der Waals surface area contributed by atoms with Crippen LogP contribution < -0.4 is 10.0 Å². The molecule has 3 aromatic carbocycles. The van der Waals surface area contributed by atoms with Gasteiger partial charge in [-0.2, -0.15) is 0 Å². The topological polar surface area (TPSA) is 93.1 Å². The van der Waals surface area contributed by atoms with E-state index in [1.807, 2.05) is 43.3 Å². The molecule has 8 heteroatoms. The van der Waals surface area contributed by atoms with Gasteiger partial charge in [-0.1, -0.05) is 35.9 Å². The number of fused-ring (bicyclic) bond motifs is 1. The molecule has 1 amide bonds. The third kappa shape index (κ3) is 5.23. The molecule has 0 aliphatic heterocycles. The fourth-order valence-corrected chi connectivity index (χ4v) is 4.67. The van der Waals surface area contributed by atoms with Crippen molar-refractivity contribution in [1.82, 2.24) is 14.9 Å². The number of aromatic nitrogens is 2. The summed E-state index contributed by atoms with van der Waals surface area (Å²) in [5, 5.41) is 2.90. The quantitative estimate of drug-likeness (QED) is 0.382. The van der Waals surface area contributed by atoms with Crippen molar-refractivity contribution in [3.05, 3.63) is 89.7 Å². The van der Waals surface area contributed by atoms with Gasteiger partial charge in [0.25, 0.3) is 15.9 Å². The van der Waals surface area contributed by atoms with Crippen LogP contribution in [0.5, 0.6) is 0 Å². The predicted molar refractivity (Wildman–Crippen MR) is 130 cm³/mol. The van der Waals surface area contributed by atoms with E-state index in [0.717, 1.165) is 23.0 Å². The summed E-state index contributed by atoms with van der Waals surface area (Å²) < 4.78 is 30.3. The first-order chi connectivity index (χ1) is 15.8. The van der Waals surface area contributed by atoms with E-state index in [9.17, 15) is 13.2 Å². The zero-order valence-corrected chi connectivity index (χ0v) is 19.4. The smallest absolute Gasteiger partial charge is 0.261 e. The lowest BCUT2D eigenvalue weighted by Crippen LogP contribution is -2.26. The molecule has 0 spiro atoms. The molecular weight excluding hydrogens is 436 g/mol. The molecule has 33 heavy (non-hydrogen) atoms. The number of sulfonamides is 1. The fraction of sp³-hybridized carbons (Fsp3) is 0.200. The minimum Gasteiger partial charge on any atom is -0.352 e. The molecule has 0 fully saturated rings. The number of imidazole rings is 1. The highest BCUT2D eigenvalue weighted by molar-refractivity contribution is 7.92. The summed E-state index contributed by atoms with van der Waals surface area (Å²) in [7, 11) is -3.81. The summed E-state index contributed by atoms with van der Waals surface area (Å²) in [5.41, 5.74) is 4.55. The number of hydrogen-bond donors (Lipinski definition) is 2. The Balaban J connectivity index is 1.40. The van der Waals surface area contributed by atoms with Gasteiger partial charge in [-0.25, -0.2) is 13.4 Å². The Morgan fingerprint density at radius 2 is 1.76 bits per heavy atom. The van der Waals surface area contributed by atoms with Gasteiger partial charge in [0.2, 0.25) is 0 Å². The first-order valence-corrected chi connectivity index (χ1v) is 12.2. The van der Waals surface area contributed by atoms with Crippen LogP contribution in [-0.2, 0) is 16.6 Å². The van der Waals surface area contributed by atoms with Crippen molar-refractivity contribution in [2.45, 2.75) is 31.7 Å². The van der Waals surface area contributed by atoms with Crippen molar-refractivity contribution in [2.75, 3.05) is 11.3 Å². The fourth-order valence-electron chi connectivity index (χ4n) is 3.58. The van der Waals surface area contributed by atoms with E-state index in [-0.39, 0.29) is 10.8 Å². The van der Waals surface area contributed by atoms with Gasteiger partial charge in [0.15, 0.2) is 0 Å². The molecule has 4 rings (SSSR count). The minimum atomic E-state index is -3.81. The second-order valence-corrected chi connectivity index (χ2v) is 9.67. The third-order valence-corrected chi connectivity index (χ3v) is 6.84. The Bertz CT molecular complexity index is 1390. The van der Waals surface area contributed by atoms with Crippen molar-refractivity contribution in [3.8, 4) is 0 Å².